The highest BCUT2D eigenvalue weighted by Gasteiger charge is 2.27. The predicted octanol–water partition coefficient (Wildman–Crippen LogP) is 3.98. The number of rotatable bonds is 3. The van der Waals surface area contributed by atoms with Gasteiger partial charge in [-0.3, -0.25) is 0 Å². The molecule has 0 radical (unpaired) electrons. The Morgan fingerprint density at radius 1 is 0.875 bits per heavy atom. The molecule has 0 amide bonds. The Bertz CT molecular complexity index is 203. The van der Waals surface area contributed by atoms with Gasteiger partial charge in [-0.1, -0.05) is 20.8 Å². The Morgan fingerprint density at radius 2 is 1.50 bits per heavy atom. The molecule has 2 unspecified atom stereocenters. The van der Waals surface area contributed by atoms with Crippen molar-refractivity contribution >= 4 is 0 Å². The van der Waals surface area contributed by atoms with Crippen LogP contribution >= 0.6 is 0 Å². The van der Waals surface area contributed by atoms with Crippen LogP contribution in [0.25, 0.3) is 0 Å². The molecule has 2 aliphatic rings. The maximum absolute atomic E-state index is 3.91. The smallest absolute Gasteiger partial charge is 0.00722 e. The van der Waals surface area contributed by atoms with E-state index in [0.29, 0.717) is 0 Å². The van der Waals surface area contributed by atoms with Gasteiger partial charge in [-0.05, 0) is 62.7 Å². The molecule has 1 heteroatoms. The summed E-state index contributed by atoms with van der Waals surface area (Å²) in [4.78, 5) is 0. The molecule has 0 aliphatic heterocycles. The molecule has 2 atom stereocenters. The van der Waals surface area contributed by atoms with E-state index in [9.17, 15) is 0 Å². The predicted molar refractivity (Wildman–Crippen MR) is 70.5 cm³/mol. The van der Waals surface area contributed by atoms with Gasteiger partial charge in [-0.15, -0.1) is 0 Å². The van der Waals surface area contributed by atoms with E-state index in [1.54, 1.807) is 0 Å². The molecule has 0 saturated heterocycles. The number of hydrogen-bond acceptors (Lipinski definition) is 1. The molecule has 2 fully saturated rings. The lowest BCUT2D eigenvalue weighted by Crippen LogP contribution is -2.39. The van der Waals surface area contributed by atoms with Crippen LogP contribution in [0.4, 0.5) is 0 Å². The van der Waals surface area contributed by atoms with Crippen molar-refractivity contribution < 1.29 is 0 Å². The van der Waals surface area contributed by atoms with E-state index in [4.69, 9.17) is 0 Å². The van der Waals surface area contributed by atoms with Crippen LogP contribution in [0.2, 0.25) is 0 Å². The van der Waals surface area contributed by atoms with E-state index in [-0.39, 0.29) is 0 Å². The lowest BCUT2D eigenvalue weighted by molar-refractivity contribution is 0.228. The quantitative estimate of drug-likeness (QED) is 0.763. The van der Waals surface area contributed by atoms with Gasteiger partial charge in [0.25, 0.3) is 0 Å². The SMILES string of the molecule is CC1CCC(NC2CCC(C(C)C)CC2)C1. The van der Waals surface area contributed by atoms with Crippen molar-refractivity contribution in [2.75, 3.05) is 0 Å². The second kappa shape index (κ2) is 5.53. The maximum atomic E-state index is 3.91. The van der Waals surface area contributed by atoms with Gasteiger partial charge in [0.15, 0.2) is 0 Å². The molecule has 2 saturated carbocycles. The number of nitrogens with one attached hydrogen (secondary N) is 1. The van der Waals surface area contributed by atoms with Gasteiger partial charge >= 0.3 is 0 Å². The van der Waals surface area contributed by atoms with Crippen LogP contribution in [0.15, 0.2) is 0 Å². The van der Waals surface area contributed by atoms with Gasteiger partial charge in [0.05, 0.1) is 0 Å². The summed E-state index contributed by atoms with van der Waals surface area (Å²) in [6.07, 6.45) is 10.0. The summed E-state index contributed by atoms with van der Waals surface area (Å²) >= 11 is 0. The summed E-state index contributed by atoms with van der Waals surface area (Å²) in [5, 5.41) is 3.91. The highest BCUT2D eigenvalue weighted by Crippen LogP contribution is 2.31. The fraction of sp³-hybridized carbons (Fsp3) is 1.00. The summed E-state index contributed by atoms with van der Waals surface area (Å²) < 4.78 is 0. The van der Waals surface area contributed by atoms with Crippen molar-refractivity contribution in [3.63, 3.8) is 0 Å². The first-order chi connectivity index (χ1) is 7.65. The Hall–Kier alpha value is -0.0400. The Morgan fingerprint density at radius 3 is 2.00 bits per heavy atom. The largest absolute Gasteiger partial charge is 0.311 e. The van der Waals surface area contributed by atoms with Crippen LogP contribution in [0, 0.1) is 17.8 Å². The monoisotopic (exact) mass is 223 g/mol. The second-order valence-electron chi connectivity index (χ2n) is 6.64. The molecule has 0 bridgehead atoms. The Balaban J connectivity index is 1.69. The van der Waals surface area contributed by atoms with E-state index in [1.165, 1.54) is 44.9 Å². The van der Waals surface area contributed by atoms with Crippen LogP contribution in [-0.4, -0.2) is 12.1 Å². The second-order valence-corrected chi connectivity index (χ2v) is 6.64. The van der Waals surface area contributed by atoms with Crippen LogP contribution in [-0.2, 0) is 0 Å². The minimum atomic E-state index is 0.838. The third-order valence-corrected chi connectivity index (χ3v) is 4.88. The van der Waals surface area contributed by atoms with Crippen molar-refractivity contribution in [2.24, 2.45) is 17.8 Å². The molecular formula is C15H29N. The molecule has 1 N–H and O–H groups in total. The van der Waals surface area contributed by atoms with Crippen molar-refractivity contribution in [1.82, 2.24) is 5.32 Å². The first kappa shape index (κ1) is 12.4. The molecule has 1 nitrogen and oxygen atoms in total. The normalized spacial score (nSPS) is 40.5. The van der Waals surface area contributed by atoms with E-state index in [1.807, 2.05) is 0 Å². The van der Waals surface area contributed by atoms with Crippen molar-refractivity contribution in [2.45, 2.75) is 77.8 Å². The number of hydrogen-bond donors (Lipinski definition) is 1. The molecule has 0 heterocycles. The van der Waals surface area contributed by atoms with Gasteiger partial charge in [-0.2, -0.15) is 0 Å². The molecular weight excluding hydrogens is 194 g/mol. The van der Waals surface area contributed by atoms with Crippen LogP contribution in [0.1, 0.15) is 65.7 Å². The zero-order valence-electron chi connectivity index (χ0n) is 11.3. The molecule has 0 aromatic heterocycles. The van der Waals surface area contributed by atoms with Gasteiger partial charge in [-0.25, -0.2) is 0 Å². The van der Waals surface area contributed by atoms with Crippen LogP contribution in [0.5, 0.6) is 0 Å². The minimum Gasteiger partial charge on any atom is -0.311 e. The zero-order chi connectivity index (χ0) is 11.5. The van der Waals surface area contributed by atoms with E-state index in [0.717, 1.165) is 29.8 Å². The summed E-state index contributed by atoms with van der Waals surface area (Å²) in [5.74, 6) is 2.86. The van der Waals surface area contributed by atoms with E-state index in [2.05, 4.69) is 26.1 Å². The molecule has 94 valence electrons. The molecule has 0 spiro atoms. The summed E-state index contributed by atoms with van der Waals surface area (Å²) in [7, 11) is 0. The third kappa shape index (κ3) is 3.23. The Kier molecular flexibility index (Phi) is 4.29. The first-order valence-corrected chi connectivity index (χ1v) is 7.41. The lowest BCUT2D eigenvalue weighted by atomic mass is 9.79. The molecule has 2 rings (SSSR count). The zero-order valence-corrected chi connectivity index (χ0v) is 11.3. The van der Waals surface area contributed by atoms with Crippen LogP contribution in [0.3, 0.4) is 0 Å². The van der Waals surface area contributed by atoms with E-state index >= 15 is 0 Å². The summed E-state index contributed by atoms with van der Waals surface area (Å²) in [6.45, 7) is 7.17. The average Bonchev–Trinajstić information content (AvgIpc) is 2.65. The van der Waals surface area contributed by atoms with Crippen molar-refractivity contribution in [3.05, 3.63) is 0 Å². The summed E-state index contributed by atoms with van der Waals surface area (Å²) in [6, 6.07) is 1.68. The topological polar surface area (TPSA) is 12.0 Å². The fourth-order valence-electron chi connectivity index (χ4n) is 3.64. The molecule has 16 heavy (non-hydrogen) atoms. The van der Waals surface area contributed by atoms with Gasteiger partial charge in [0, 0.05) is 12.1 Å². The van der Waals surface area contributed by atoms with Gasteiger partial charge in [0.1, 0.15) is 0 Å². The molecule has 2 aliphatic carbocycles. The highest BCUT2D eigenvalue weighted by molar-refractivity contribution is 4.85. The highest BCUT2D eigenvalue weighted by atomic mass is 15.0. The summed E-state index contributed by atoms with van der Waals surface area (Å²) in [5.41, 5.74) is 0. The van der Waals surface area contributed by atoms with Crippen molar-refractivity contribution in [1.29, 1.82) is 0 Å². The third-order valence-electron chi connectivity index (χ3n) is 4.88. The molecule has 0 aromatic carbocycles. The van der Waals surface area contributed by atoms with Crippen molar-refractivity contribution in [3.8, 4) is 0 Å². The molecule has 0 aromatic rings. The fourth-order valence-corrected chi connectivity index (χ4v) is 3.64. The maximum Gasteiger partial charge on any atom is 0.00722 e. The first-order valence-electron chi connectivity index (χ1n) is 7.41. The van der Waals surface area contributed by atoms with Crippen LogP contribution < -0.4 is 5.32 Å². The average molecular weight is 223 g/mol. The van der Waals surface area contributed by atoms with Gasteiger partial charge in [0.2, 0.25) is 0 Å². The Labute approximate surface area is 101 Å². The standard InChI is InChI=1S/C15H29N/c1-11(2)13-5-8-14(9-6-13)16-15-7-4-12(3)10-15/h11-16H,4-10H2,1-3H3. The lowest BCUT2D eigenvalue weighted by Gasteiger charge is -2.33. The van der Waals surface area contributed by atoms with Gasteiger partial charge < -0.3 is 5.32 Å². The van der Waals surface area contributed by atoms with E-state index < -0.39 is 0 Å². The minimum absolute atomic E-state index is 0.838.